The van der Waals surface area contributed by atoms with E-state index in [1.165, 1.54) is 18.9 Å². The van der Waals surface area contributed by atoms with Crippen LogP contribution in [0, 0.1) is 0 Å². The Kier molecular flexibility index (Phi) is 4.06. The number of rotatable bonds is 2. The molecule has 0 saturated heterocycles. The lowest BCUT2D eigenvalue weighted by Crippen LogP contribution is -2.22. The van der Waals surface area contributed by atoms with Gasteiger partial charge in [-0.3, -0.25) is 4.79 Å². The summed E-state index contributed by atoms with van der Waals surface area (Å²) in [6.07, 6.45) is 9.50. The Morgan fingerprint density at radius 3 is 2.77 bits per heavy atom. The molecule has 1 atom stereocenters. The van der Waals surface area contributed by atoms with E-state index in [1.54, 1.807) is 30.3 Å². The lowest BCUT2D eigenvalue weighted by Gasteiger charge is -2.20. The van der Waals surface area contributed by atoms with E-state index in [1.807, 2.05) is 24.3 Å². The van der Waals surface area contributed by atoms with Gasteiger partial charge in [-0.05, 0) is 29.8 Å². The van der Waals surface area contributed by atoms with Crippen molar-refractivity contribution >= 4 is 35.4 Å². The molecule has 1 unspecified atom stereocenters. The number of allylic oxidation sites excluding steroid dienone is 3. The standard InChI is InChI=1S/C17H13NO3S/c1-21-17(20)12-8-6-11(7-9-12)10-15-16(19)18-13-4-2-3-5-14(13)22-15/h2-10,14H,1H3/b15-10-. The van der Waals surface area contributed by atoms with E-state index in [4.69, 9.17) is 0 Å². The summed E-state index contributed by atoms with van der Waals surface area (Å²) in [5.74, 6) is -0.607. The van der Waals surface area contributed by atoms with Crippen molar-refractivity contribution in [3.8, 4) is 0 Å². The van der Waals surface area contributed by atoms with Gasteiger partial charge in [-0.2, -0.15) is 0 Å². The second-order valence-corrected chi connectivity index (χ2v) is 5.93. The highest BCUT2D eigenvalue weighted by molar-refractivity contribution is 8.05. The van der Waals surface area contributed by atoms with Crippen molar-refractivity contribution in [1.82, 2.24) is 0 Å². The van der Waals surface area contributed by atoms with E-state index >= 15 is 0 Å². The number of carbonyl (C=O) groups is 2. The van der Waals surface area contributed by atoms with Gasteiger partial charge < -0.3 is 4.74 Å². The number of hydrogen-bond donors (Lipinski definition) is 0. The van der Waals surface area contributed by atoms with Gasteiger partial charge >= 0.3 is 5.97 Å². The third-order valence-electron chi connectivity index (χ3n) is 3.28. The van der Waals surface area contributed by atoms with Gasteiger partial charge in [-0.25, -0.2) is 9.79 Å². The predicted molar refractivity (Wildman–Crippen MR) is 87.9 cm³/mol. The van der Waals surface area contributed by atoms with E-state index in [2.05, 4.69) is 9.73 Å². The summed E-state index contributed by atoms with van der Waals surface area (Å²) >= 11 is 1.48. The molecule has 0 fully saturated rings. The van der Waals surface area contributed by atoms with Gasteiger partial charge in [0.25, 0.3) is 5.91 Å². The van der Waals surface area contributed by atoms with E-state index in [0.29, 0.717) is 10.5 Å². The fourth-order valence-corrected chi connectivity index (χ4v) is 3.20. The maximum Gasteiger partial charge on any atom is 0.337 e. The minimum Gasteiger partial charge on any atom is -0.465 e. The minimum atomic E-state index is -0.379. The number of hydrogen-bond acceptors (Lipinski definition) is 4. The third kappa shape index (κ3) is 2.94. The van der Waals surface area contributed by atoms with Crippen LogP contribution >= 0.6 is 11.8 Å². The number of aliphatic imine (C=N–C) groups is 1. The van der Waals surface area contributed by atoms with Crippen LogP contribution < -0.4 is 0 Å². The van der Waals surface area contributed by atoms with E-state index in [0.717, 1.165) is 11.3 Å². The summed E-state index contributed by atoms with van der Waals surface area (Å²) in [6.45, 7) is 0. The highest BCUT2D eigenvalue weighted by Crippen LogP contribution is 2.32. The zero-order chi connectivity index (χ0) is 15.5. The topological polar surface area (TPSA) is 55.7 Å². The first-order chi connectivity index (χ1) is 10.7. The van der Waals surface area contributed by atoms with Gasteiger partial charge in [0.05, 0.1) is 28.5 Å². The molecule has 1 aliphatic heterocycles. The third-order valence-corrected chi connectivity index (χ3v) is 4.48. The van der Waals surface area contributed by atoms with Crippen molar-refractivity contribution < 1.29 is 14.3 Å². The molecule has 22 heavy (non-hydrogen) atoms. The number of ether oxygens (including phenoxy) is 1. The number of benzene rings is 1. The van der Waals surface area contributed by atoms with Crippen LogP contribution in [0.3, 0.4) is 0 Å². The molecule has 0 saturated carbocycles. The maximum atomic E-state index is 12.1. The van der Waals surface area contributed by atoms with Crippen molar-refractivity contribution in [3.63, 3.8) is 0 Å². The number of fused-ring (bicyclic) bond motifs is 1. The van der Waals surface area contributed by atoms with Gasteiger partial charge in [0, 0.05) is 0 Å². The molecular weight excluding hydrogens is 298 g/mol. The number of nitrogens with zero attached hydrogens (tertiary/aromatic N) is 1. The smallest absolute Gasteiger partial charge is 0.337 e. The number of amides is 1. The summed E-state index contributed by atoms with van der Waals surface area (Å²) in [6, 6.07) is 6.91. The van der Waals surface area contributed by atoms with Crippen molar-refractivity contribution in [2.24, 2.45) is 4.99 Å². The molecule has 1 aromatic rings. The molecule has 0 aromatic heterocycles. The van der Waals surface area contributed by atoms with Crippen molar-refractivity contribution in [2.45, 2.75) is 5.25 Å². The Bertz CT molecular complexity index is 742. The lowest BCUT2D eigenvalue weighted by atomic mass is 10.1. The molecule has 0 N–H and O–H groups in total. The second kappa shape index (κ2) is 6.15. The molecule has 1 amide bonds. The van der Waals surface area contributed by atoms with E-state index in [-0.39, 0.29) is 17.1 Å². The molecule has 0 spiro atoms. The first-order valence-corrected chi connectivity index (χ1v) is 7.60. The molecule has 1 heterocycles. The molecule has 5 heteroatoms. The van der Waals surface area contributed by atoms with Crippen LogP contribution in [-0.4, -0.2) is 29.9 Å². The molecule has 1 aliphatic carbocycles. The molecular formula is C17H13NO3S. The van der Waals surface area contributed by atoms with E-state index < -0.39 is 0 Å². The average Bonchev–Trinajstić information content (AvgIpc) is 2.55. The van der Waals surface area contributed by atoms with Crippen LogP contribution in [0.15, 0.2) is 58.5 Å². The summed E-state index contributed by atoms with van der Waals surface area (Å²) in [5.41, 5.74) is 2.11. The van der Waals surface area contributed by atoms with Crippen LogP contribution in [-0.2, 0) is 9.53 Å². The van der Waals surface area contributed by atoms with Gasteiger partial charge in [0.1, 0.15) is 0 Å². The molecule has 0 bridgehead atoms. The normalized spacial score (nSPS) is 21.5. The predicted octanol–water partition coefficient (Wildman–Crippen LogP) is 3.02. The van der Waals surface area contributed by atoms with Crippen molar-refractivity contribution in [3.05, 3.63) is 64.6 Å². The van der Waals surface area contributed by atoms with E-state index in [9.17, 15) is 9.59 Å². The number of thioether (sulfide) groups is 1. The zero-order valence-electron chi connectivity index (χ0n) is 11.9. The van der Waals surface area contributed by atoms with Crippen LogP contribution in [0.4, 0.5) is 0 Å². The van der Waals surface area contributed by atoms with Gasteiger partial charge in [0.15, 0.2) is 0 Å². The average molecular weight is 311 g/mol. The Hall–Kier alpha value is -2.40. The first kappa shape index (κ1) is 14.5. The molecule has 3 rings (SSSR count). The SMILES string of the molecule is COC(=O)c1ccc(/C=C2\SC3C=CC=CC3=NC2=O)cc1. The second-order valence-electron chi connectivity index (χ2n) is 4.75. The minimum absolute atomic E-state index is 0.0864. The fraction of sp³-hybridized carbons (Fsp3) is 0.118. The highest BCUT2D eigenvalue weighted by Gasteiger charge is 2.25. The number of carbonyl (C=O) groups excluding carboxylic acids is 2. The summed E-state index contributed by atoms with van der Waals surface area (Å²) in [7, 11) is 1.34. The zero-order valence-corrected chi connectivity index (χ0v) is 12.7. The lowest BCUT2D eigenvalue weighted by molar-refractivity contribution is -0.113. The Balaban J connectivity index is 1.85. The molecule has 110 valence electrons. The largest absolute Gasteiger partial charge is 0.465 e. The van der Waals surface area contributed by atoms with Gasteiger partial charge in [-0.1, -0.05) is 30.4 Å². The molecule has 4 nitrogen and oxygen atoms in total. The van der Waals surface area contributed by atoms with Gasteiger partial charge in [-0.15, -0.1) is 11.8 Å². The molecule has 0 radical (unpaired) electrons. The monoisotopic (exact) mass is 311 g/mol. The Labute approximate surface area is 132 Å². The molecule has 1 aromatic carbocycles. The van der Waals surface area contributed by atoms with Gasteiger partial charge in [0.2, 0.25) is 0 Å². The Morgan fingerprint density at radius 1 is 1.27 bits per heavy atom. The van der Waals surface area contributed by atoms with Crippen LogP contribution in [0.25, 0.3) is 6.08 Å². The number of methoxy groups -OCH3 is 1. The van der Waals surface area contributed by atoms with Crippen LogP contribution in [0.1, 0.15) is 15.9 Å². The quantitative estimate of drug-likeness (QED) is 0.622. The summed E-state index contributed by atoms with van der Waals surface area (Å²) < 4.78 is 4.66. The van der Waals surface area contributed by atoms with Crippen molar-refractivity contribution in [2.75, 3.05) is 7.11 Å². The van der Waals surface area contributed by atoms with Crippen LogP contribution in [0.2, 0.25) is 0 Å². The van der Waals surface area contributed by atoms with Crippen LogP contribution in [0.5, 0.6) is 0 Å². The van der Waals surface area contributed by atoms with Crippen molar-refractivity contribution in [1.29, 1.82) is 0 Å². The fourth-order valence-electron chi connectivity index (χ4n) is 2.15. The molecule has 2 aliphatic rings. The highest BCUT2D eigenvalue weighted by atomic mass is 32.2. The number of esters is 1. The summed E-state index contributed by atoms with van der Waals surface area (Å²) in [4.78, 5) is 28.2. The summed E-state index contributed by atoms with van der Waals surface area (Å²) in [5, 5.41) is 0.0864. The Morgan fingerprint density at radius 2 is 2.05 bits per heavy atom. The first-order valence-electron chi connectivity index (χ1n) is 6.72. The maximum absolute atomic E-state index is 12.1.